The predicted molar refractivity (Wildman–Crippen MR) is 89.7 cm³/mol. The summed E-state index contributed by atoms with van der Waals surface area (Å²) in [7, 11) is 0. The number of thioether (sulfide) groups is 1. The largest absolute Gasteiger partial charge is 0.418 e. The van der Waals surface area contributed by atoms with Crippen LogP contribution in [0.4, 0.5) is 18.9 Å². The summed E-state index contributed by atoms with van der Waals surface area (Å²) in [6, 6.07) is 4.86. The minimum absolute atomic E-state index is 0.0353. The van der Waals surface area contributed by atoms with E-state index in [0.717, 1.165) is 6.07 Å². The first kappa shape index (κ1) is 19.8. The summed E-state index contributed by atoms with van der Waals surface area (Å²) in [5.74, 6) is -0.441. The average Bonchev–Trinajstić information content (AvgIpc) is 2.44. The number of hydrogen-bond donors (Lipinski definition) is 2. The minimum atomic E-state index is -4.49. The van der Waals surface area contributed by atoms with Crippen LogP contribution in [0.5, 0.6) is 0 Å². The molecular weight excluding hydrogens is 325 g/mol. The summed E-state index contributed by atoms with van der Waals surface area (Å²) < 4.78 is 38.7. The van der Waals surface area contributed by atoms with Gasteiger partial charge in [-0.1, -0.05) is 12.1 Å². The van der Waals surface area contributed by atoms with E-state index < -0.39 is 17.6 Å². The van der Waals surface area contributed by atoms with E-state index in [-0.39, 0.29) is 22.9 Å². The van der Waals surface area contributed by atoms with E-state index in [2.05, 4.69) is 24.5 Å². The van der Waals surface area contributed by atoms with Crippen molar-refractivity contribution < 1.29 is 18.0 Å². The smallest absolute Gasteiger partial charge is 0.325 e. The number of alkyl halides is 3. The number of benzene rings is 1. The maximum atomic E-state index is 12.9. The Kier molecular flexibility index (Phi) is 6.95. The monoisotopic (exact) mass is 348 g/mol. The van der Waals surface area contributed by atoms with Crippen molar-refractivity contribution in [2.75, 3.05) is 18.1 Å². The first-order valence-corrected chi connectivity index (χ1v) is 8.52. The molecule has 0 aliphatic carbocycles. The van der Waals surface area contributed by atoms with Crippen LogP contribution < -0.4 is 10.6 Å². The third kappa shape index (κ3) is 6.83. The number of carbonyl (C=O) groups excluding carboxylic acids is 1. The van der Waals surface area contributed by atoms with Gasteiger partial charge in [-0.2, -0.15) is 24.9 Å². The molecule has 0 saturated carbocycles. The molecule has 0 saturated heterocycles. The molecule has 0 aromatic heterocycles. The zero-order valence-corrected chi connectivity index (χ0v) is 14.6. The van der Waals surface area contributed by atoms with E-state index in [1.54, 1.807) is 11.8 Å². The molecule has 1 amide bonds. The molecule has 0 heterocycles. The second kappa shape index (κ2) is 8.06. The highest BCUT2D eigenvalue weighted by molar-refractivity contribution is 7.99. The fourth-order valence-corrected chi connectivity index (χ4v) is 2.11. The second-order valence-corrected chi connectivity index (χ2v) is 7.55. The van der Waals surface area contributed by atoms with Gasteiger partial charge in [-0.15, -0.1) is 0 Å². The summed E-state index contributed by atoms with van der Waals surface area (Å²) in [4.78, 5) is 12.0. The Morgan fingerprint density at radius 1 is 1.26 bits per heavy atom. The summed E-state index contributed by atoms with van der Waals surface area (Å²) in [5.41, 5.74) is -1.04. The molecular formula is C16H23F3N2OS. The number of amides is 1. The Labute approximate surface area is 139 Å². The topological polar surface area (TPSA) is 41.1 Å². The van der Waals surface area contributed by atoms with Gasteiger partial charge in [0.1, 0.15) is 0 Å². The molecule has 0 unspecified atom stereocenters. The number of rotatable bonds is 7. The van der Waals surface area contributed by atoms with Gasteiger partial charge in [0.15, 0.2) is 0 Å². The van der Waals surface area contributed by atoms with Gasteiger partial charge >= 0.3 is 6.18 Å². The van der Waals surface area contributed by atoms with E-state index in [0.29, 0.717) is 6.54 Å². The zero-order valence-electron chi connectivity index (χ0n) is 13.8. The normalized spacial score (nSPS) is 13.7. The quantitative estimate of drug-likeness (QED) is 0.778. The molecule has 0 spiro atoms. The molecule has 7 heteroatoms. The number of nitrogens with one attached hydrogen (secondary N) is 2. The van der Waals surface area contributed by atoms with Crippen LogP contribution in [0.3, 0.4) is 0 Å². The van der Waals surface area contributed by atoms with Crippen LogP contribution in [-0.2, 0) is 11.0 Å². The number of halogens is 3. The first-order valence-electron chi connectivity index (χ1n) is 7.30. The third-order valence-corrected chi connectivity index (χ3v) is 4.68. The molecule has 130 valence electrons. The molecule has 0 fully saturated rings. The van der Waals surface area contributed by atoms with Gasteiger partial charge in [-0.3, -0.25) is 4.79 Å². The van der Waals surface area contributed by atoms with Crippen LogP contribution in [0.15, 0.2) is 24.3 Å². The van der Waals surface area contributed by atoms with Crippen molar-refractivity contribution in [1.29, 1.82) is 0 Å². The first-order chi connectivity index (χ1) is 10.5. The van der Waals surface area contributed by atoms with E-state index in [1.807, 2.05) is 13.2 Å². The molecule has 1 aromatic carbocycles. The minimum Gasteiger partial charge on any atom is -0.325 e. The van der Waals surface area contributed by atoms with Crippen LogP contribution in [0.2, 0.25) is 0 Å². The molecule has 3 nitrogen and oxygen atoms in total. The van der Waals surface area contributed by atoms with Crippen molar-refractivity contribution in [1.82, 2.24) is 5.32 Å². The van der Waals surface area contributed by atoms with Crippen molar-refractivity contribution in [3.05, 3.63) is 29.8 Å². The summed E-state index contributed by atoms with van der Waals surface area (Å²) >= 11 is 1.71. The number of anilines is 1. The number of hydrogen-bond acceptors (Lipinski definition) is 3. The van der Waals surface area contributed by atoms with Gasteiger partial charge in [-0.05, 0) is 39.2 Å². The molecule has 0 radical (unpaired) electrons. The Bertz CT molecular complexity index is 532. The second-order valence-electron chi connectivity index (χ2n) is 6.04. The predicted octanol–water partition coefficient (Wildman–Crippen LogP) is 4.15. The van der Waals surface area contributed by atoms with Gasteiger partial charge in [0, 0.05) is 23.8 Å². The Balaban J connectivity index is 2.61. The molecule has 1 rings (SSSR count). The SMILES string of the molecule is CSC(C)(C)CN[C@@H](C)CC(=O)Nc1ccccc1C(F)(F)F. The Morgan fingerprint density at radius 2 is 1.87 bits per heavy atom. The fourth-order valence-electron chi connectivity index (χ4n) is 1.88. The molecule has 0 bridgehead atoms. The standard InChI is InChI=1S/C16H23F3N2OS/c1-11(20-10-15(2,3)23-4)9-14(22)21-13-8-6-5-7-12(13)16(17,18)19/h5-8,11,20H,9-10H2,1-4H3,(H,21,22)/t11-/m0/s1. The van der Waals surface area contributed by atoms with Crippen LogP contribution in [-0.4, -0.2) is 29.5 Å². The maximum Gasteiger partial charge on any atom is 0.418 e. The van der Waals surface area contributed by atoms with E-state index in [1.165, 1.54) is 18.2 Å². The number of para-hydroxylation sites is 1. The average molecular weight is 348 g/mol. The van der Waals surface area contributed by atoms with Crippen LogP contribution >= 0.6 is 11.8 Å². The third-order valence-electron chi connectivity index (χ3n) is 3.43. The van der Waals surface area contributed by atoms with Crippen molar-refractivity contribution in [3.8, 4) is 0 Å². The van der Waals surface area contributed by atoms with Gasteiger partial charge in [0.05, 0.1) is 11.3 Å². The van der Waals surface area contributed by atoms with Crippen LogP contribution in [0.25, 0.3) is 0 Å². The van der Waals surface area contributed by atoms with E-state index in [4.69, 9.17) is 0 Å². The molecule has 1 atom stereocenters. The summed E-state index contributed by atoms with van der Waals surface area (Å²) in [5, 5.41) is 5.59. The summed E-state index contributed by atoms with van der Waals surface area (Å²) in [6.45, 7) is 6.71. The molecule has 0 aliphatic rings. The van der Waals surface area contributed by atoms with Crippen LogP contribution in [0.1, 0.15) is 32.8 Å². The molecule has 1 aromatic rings. The summed E-state index contributed by atoms with van der Waals surface area (Å²) in [6.07, 6.45) is -2.38. The highest BCUT2D eigenvalue weighted by Gasteiger charge is 2.33. The van der Waals surface area contributed by atoms with Gasteiger partial charge in [-0.25, -0.2) is 0 Å². The number of carbonyl (C=O) groups is 1. The van der Waals surface area contributed by atoms with Crippen molar-refractivity contribution in [2.24, 2.45) is 0 Å². The zero-order chi connectivity index (χ0) is 17.7. The van der Waals surface area contributed by atoms with Gasteiger partial charge < -0.3 is 10.6 Å². The molecule has 2 N–H and O–H groups in total. The lowest BCUT2D eigenvalue weighted by Crippen LogP contribution is -2.39. The van der Waals surface area contributed by atoms with E-state index in [9.17, 15) is 18.0 Å². The Hall–Kier alpha value is -1.21. The lowest BCUT2D eigenvalue weighted by molar-refractivity contribution is -0.137. The molecule has 23 heavy (non-hydrogen) atoms. The maximum absolute atomic E-state index is 12.9. The highest BCUT2D eigenvalue weighted by Crippen LogP contribution is 2.34. The van der Waals surface area contributed by atoms with Crippen molar-refractivity contribution in [3.63, 3.8) is 0 Å². The fraction of sp³-hybridized carbons (Fsp3) is 0.562. The van der Waals surface area contributed by atoms with E-state index >= 15 is 0 Å². The lowest BCUT2D eigenvalue weighted by atomic mass is 10.1. The van der Waals surface area contributed by atoms with Gasteiger partial charge in [0.25, 0.3) is 0 Å². The lowest BCUT2D eigenvalue weighted by Gasteiger charge is -2.25. The molecule has 0 aliphatic heterocycles. The Morgan fingerprint density at radius 3 is 2.43 bits per heavy atom. The van der Waals surface area contributed by atoms with Crippen molar-refractivity contribution in [2.45, 2.75) is 44.2 Å². The van der Waals surface area contributed by atoms with Crippen LogP contribution in [0, 0.1) is 0 Å². The highest BCUT2D eigenvalue weighted by atomic mass is 32.2. The van der Waals surface area contributed by atoms with Crippen molar-refractivity contribution >= 4 is 23.4 Å². The van der Waals surface area contributed by atoms with Gasteiger partial charge in [0.2, 0.25) is 5.91 Å².